The summed E-state index contributed by atoms with van der Waals surface area (Å²) < 4.78 is 1.91. The molecule has 0 aliphatic heterocycles. The van der Waals surface area contributed by atoms with E-state index < -0.39 is 0 Å². The molecule has 0 aliphatic rings. The zero-order valence-corrected chi connectivity index (χ0v) is 18.9. The van der Waals surface area contributed by atoms with Crippen LogP contribution >= 0.6 is 11.6 Å². The lowest BCUT2D eigenvalue weighted by atomic mass is 10.2. The number of para-hydroxylation sites is 2. The molecule has 3 aromatic heterocycles. The van der Waals surface area contributed by atoms with Gasteiger partial charge in [-0.2, -0.15) is 0 Å². The van der Waals surface area contributed by atoms with Crippen molar-refractivity contribution in [2.75, 3.05) is 16.4 Å². The Kier molecular flexibility index (Phi) is 5.57. The molecule has 3 heterocycles. The van der Waals surface area contributed by atoms with Crippen LogP contribution in [0.5, 0.6) is 0 Å². The predicted molar refractivity (Wildman–Crippen MR) is 134 cm³/mol. The SMILES string of the molecule is Cc1nc2ccc(Cl)cn2c1-c1ccnc(Nc2ccc(C(=O)Nc3ccccc3N)cc2)n1. The number of imidazole rings is 1. The van der Waals surface area contributed by atoms with E-state index in [0.29, 0.717) is 33.6 Å². The summed E-state index contributed by atoms with van der Waals surface area (Å²) in [6.45, 7) is 1.93. The summed E-state index contributed by atoms with van der Waals surface area (Å²) in [5.74, 6) is 0.174. The Balaban J connectivity index is 1.36. The molecule has 0 fully saturated rings. The van der Waals surface area contributed by atoms with E-state index >= 15 is 0 Å². The molecular formula is C25H20ClN7O. The number of nitrogens with one attached hydrogen (secondary N) is 2. The van der Waals surface area contributed by atoms with Gasteiger partial charge in [0.25, 0.3) is 5.91 Å². The van der Waals surface area contributed by atoms with Gasteiger partial charge < -0.3 is 16.4 Å². The van der Waals surface area contributed by atoms with E-state index in [2.05, 4.69) is 25.6 Å². The smallest absolute Gasteiger partial charge is 0.255 e. The summed E-state index contributed by atoms with van der Waals surface area (Å²) in [5, 5.41) is 6.61. The fourth-order valence-corrected chi connectivity index (χ4v) is 3.80. The fraction of sp³-hybridized carbons (Fsp3) is 0.0400. The van der Waals surface area contributed by atoms with Crippen molar-refractivity contribution >= 4 is 46.2 Å². The van der Waals surface area contributed by atoms with Gasteiger partial charge in [0.15, 0.2) is 0 Å². The molecule has 0 bridgehead atoms. The predicted octanol–water partition coefficient (Wildman–Crippen LogP) is 5.33. The number of nitrogen functional groups attached to an aromatic ring is 1. The molecule has 34 heavy (non-hydrogen) atoms. The molecule has 0 saturated carbocycles. The van der Waals surface area contributed by atoms with Crippen molar-refractivity contribution in [1.82, 2.24) is 19.4 Å². The van der Waals surface area contributed by atoms with E-state index in [9.17, 15) is 4.79 Å². The van der Waals surface area contributed by atoms with Crippen LogP contribution in [0.2, 0.25) is 5.02 Å². The average molecular weight is 470 g/mol. The molecule has 5 aromatic rings. The normalized spacial score (nSPS) is 10.9. The third kappa shape index (κ3) is 4.26. The lowest BCUT2D eigenvalue weighted by molar-refractivity contribution is 0.102. The number of halogens is 1. The third-order valence-corrected chi connectivity index (χ3v) is 5.49. The Hall–Kier alpha value is -4.43. The topological polar surface area (TPSA) is 110 Å². The van der Waals surface area contributed by atoms with Gasteiger partial charge in [0.2, 0.25) is 5.95 Å². The van der Waals surface area contributed by atoms with Crippen LogP contribution in [0.4, 0.5) is 23.0 Å². The lowest BCUT2D eigenvalue weighted by Gasteiger charge is -2.10. The number of fused-ring (bicyclic) bond motifs is 1. The van der Waals surface area contributed by atoms with Gasteiger partial charge >= 0.3 is 0 Å². The van der Waals surface area contributed by atoms with Gasteiger partial charge in [0.05, 0.1) is 33.5 Å². The first-order valence-corrected chi connectivity index (χ1v) is 10.9. The van der Waals surface area contributed by atoms with Crippen molar-refractivity contribution in [1.29, 1.82) is 0 Å². The Labute approximate surface area is 200 Å². The summed E-state index contributed by atoms with van der Waals surface area (Å²) in [7, 11) is 0. The van der Waals surface area contributed by atoms with Gasteiger partial charge in [-0.15, -0.1) is 0 Å². The van der Waals surface area contributed by atoms with E-state index in [1.54, 1.807) is 48.7 Å². The minimum Gasteiger partial charge on any atom is -0.397 e. The van der Waals surface area contributed by atoms with Crippen molar-refractivity contribution in [3.63, 3.8) is 0 Å². The van der Waals surface area contributed by atoms with E-state index in [1.807, 2.05) is 41.8 Å². The molecule has 2 aromatic carbocycles. The molecule has 1 amide bonds. The highest BCUT2D eigenvalue weighted by molar-refractivity contribution is 6.30. The van der Waals surface area contributed by atoms with Crippen molar-refractivity contribution in [3.8, 4) is 11.4 Å². The number of rotatable bonds is 5. The Bertz CT molecular complexity index is 1510. The number of aryl methyl sites for hydroxylation is 1. The summed E-state index contributed by atoms with van der Waals surface area (Å²) >= 11 is 6.19. The second kappa shape index (κ2) is 8.84. The number of benzene rings is 2. The zero-order chi connectivity index (χ0) is 23.7. The van der Waals surface area contributed by atoms with Gasteiger partial charge in [0, 0.05) is 23.6 Å². The number of carbonyl (C=O) groups is 1. The Morgan fingerprint density at radius 2 is 1.79 bits per heavy atom. The van der Waals surface area contributed by atoms with E-state index in [1.165, 1.54) is 0 Å². The maximum atomic E-state index is 12.5. The van der Waals surface area contributed by atoms with Gasteiger partial charge in [-0.3, -0.25) is 9.20 Å². The molecule has 4 N–H and O–H groups in total. The van der Waals surface area contributed by atoms with Crippen LogP contribution in [0.1, 0.15) is 16.1 Å². The summed E-state index contributed by atoms with van der Waals surface area (Å²) in [4.78, 5) is 26.1. The molecule has 0 spiro atoms. The number of nitrogens with two attached hydrogens (primary N) is 1. The van der Waals surface area contributed by atoms with Crippen LogP contribution in [-0.2, 0) is 0 Å². The van der Waals surface area contributed by atoms with Crippen LogP contribution in [-0.4, -0.2) is 25.3 Å². The fourth-order valence-electron chi connectivity index (χ4n) is 3.64. The largest absolute Gasteiger partial charge is 0.397 e. The minimum atomic E-state index is -0.246. The van der Waals surface area contributed by atoms with Crippen LogP contribution in [0.3, 0.4) is 0 Å². The second-order valence-corrected chi connectivity index (χ2v) is 8.07. The first kappa shape index (κ1) is 21.4. The molecule has 0 unspecified atom stereocenters. The monoisotopic (exact) mass is 469 g/mol. The molecule has 5 rings (SSSR count). The van der Waals surface area contributed by atoms with Crippen LogP contribution in [0.15, 0.2) is 79.1 Å². The number of anilines is 4. The molecule has 0 radical (unpaired) electrons. The molecule has 0 saturated heterocycles. The van der Waals surface area contributed by atoms with Crippen molar-refractivity contribution < 1.29 is 4.79 Å². The van der Waals surface area contributed by atoms with Crippen LogP contribution in [0, 0.1) is 6.92 Å². The second-order valence-electron chi connectivity index (χ2n) is 7.63. The summed E-state index contributed by atoms with van der Waals surface area (Å²) in [6.07, 6.45) is 3.49. The number of pyridine rings is 1. The van der Waals surface area contributed by atoms with Gasteiger partial charge in [-0.25, -0.2) is 15.0 Å². The summed E-state index contributed by atoms with van der Waals surface area (Å²) in [5.41, 5.74) is 11.4. The Morgan fingerprint density at radius 1 is 1.00 bits per heavy atom. The molecule has 9 heteroatoms. The maximum Gasteiger partial charge on any atom is 0.255 e. The zero-order valence-electron chi connectivity index (χ0n) is 18.2. The van der Waals surface area contributed by atoms with Crippen LogP contribution < -0.4 is 16.4 Å². The average Bonchev–Trinajstić information content (AvgIpc) is 3.16. The molecule has 8 nitrogen and oxygen atoms in total. The summed E-state index contributed by atoms with van der Waals surface area (Å²) in [6, 6.07) is 19.6. The molecule has 0 atom stereocenters. The van der Waals surface area contributed by atoms with E-state index in [4.69, 9.17) is 17.3 Å². The van der Waals surface area contributed by atoms with E-state index in [-0.39, 0.29) is 5.91 Å². The van der Waals surface area contributed by atoms with Crippen molar-refractivity contribution in [3.05, 3.63) is 95.4 Å². The van der Waals surface area contributed by atoms with Gasteiger partial charge in [0.1, 0.15) is 5.65 Å². The lowest BCUT2D eigenvalue weighted by Crippen LogP contribution is -2.13. The standard InChI is InChI=1S/C25H20ClN7O/c1-15-23(33-14-17(26)8-11-22(33)29-15)21-12-13-28-25(32-21)30-18-9-6-16(7-10-18)24(34)31-20-5-3-2-4-19(20)27/h2-14H,27H2,1H3,(H,31,34)(H,28,30,32). The van der Waals surface area contributed by atoms with Gasteiger partial charge in [-0.1, -0.05) is 23.7 Å². The van der Waals surface area contributed by atoms with Gasteiger partial charge in [-0.05, 0) is 61.5 Å². The minimum absolute atomic E-state index is 0.246. The first-order valence-electron chi connectivity index (χ1n) is 10.5. The number of hydrogen-bond acceptors (Lipinski definition) is 6. The van der Waals surface area contributed by atoms with Crippen molar-refractivity contribution in [2.24, 2.45) is 0 Å². The maximum absolute atomic E-state index is 12.5. The molecule has 0 aliphatic carbocycles. The number of hydrogen-bond donors (Lipinski definition) is 3. The molecule has 168 valence electrons. The molecular weight excluding hydrogens is 450 g/mol. The van der Waals surface area contributed by atoms with E-state index in [0.717, 1.165) is 22.7 Å². The highest BCUT2D eigenvalue weighted by Crippen LogP contribution is 2.26. The van der Waals surface area contributed by atoms with Crippen molar-refractivity contribution in [2.45, 2.75) is 6.92 Å². The number of nitrogens with zero attached hydrogens (tertiary/aromatic N) is 4. The number of amides is 1. The van der Waals surface area contributed by atoms with Crippen LogP contribution in [0.25, 0.3) is 17.0 Å². The highest BCUT2D eigenvalue weighted by Gasteiger charge is 2.14. The highest BCUT2D eigenvalue weighted by atomic mass is 35.5. The third-order valence-electron chi connectivity index (χ3n) is 5.27. The number of aromatic nitrogens is 4. The number of carbonyl (C=O) groups excluding carboxylic acids is 1. The Morgan fingerprint density at radius 3 is 2.59 bits per heavy atom. The first-order chi connectivity index (χ1) is 16.5. The quantitative estimate of drug-likeness (QED) is 0.300.